The van der Waals surface area contributed by atoms with Gasteiger partial charge in [-0.3, -0.25) is 19.4 Å². The number of benzene rings is 1. The number of rotatable bonds is 4. The zero-order chi connectivity index (χ0) is 24.2. The van der Waals surface area contributed by atoms with Crippen LogP contribution >= 0.6 is 11.8 Å². The fraction of sp³-hybridized carbons (Fsp3) is 0.520. The van der Waals surface area contributed by atoms with E-state index in [1.54, 1.807) is 28.8 Å². The third-order valence-corrected chi connectivity index (χ3v) is 7.82. The highest BCUT2D eigenvalue weighted by Crippen LogP contribution is 2.36. The number of Topliss-reactive ketones (excluding diaryl/α,β-unsaturated/α-hetero) is 1. The van der Waals surface area contributed by atoms with Gasteiger partial charge in [0, 0.05) is 30.0 Å². The van der Waals surface area contributed by atoms with E-state index in [4.69, 9.17) is 4.74 Å². The highest BCUT2D eigenvalue weighted by molar-refractivity contribution is 8.16. The minimum atomic E-state index is -0.767. The number of carbonyl (C=O) groups excluding carboxylic acids is 3. The van der Waals surface area contributed by atoms with Gasteiger partial charge in [0.25, 0.3) is 5.91 Å². The molecule has 9 heteroatoms. The van der Waals surface area contributed by atoms with E-state index in [0.29, 0.717) is 12.1 Å². The maximum Gasteiger partial charge on any atom is 0.251 e. The van der Waals surface area contributed by atoms with Crippen LogP contribution in [0.3, 0.4) is 0 Å². The van der Waals surface area contributed by atoms with Gasteiger partial charge in [-0.05, 0) is 23.1 Å². The van der Waals surface area contributed by atoms with Crippen LogP contribution in [0.1, 0.15) is 43.6 Å². The van der Waals surface area contributed by atoms with Crippen molar-refractivity contribution in [3.8, 4) is 0 Å². The number of aliphatic imine (C=N–C) groups is 1. The summed E-state index contributed by atoms with van der Waals surface area (Å²) in [6.45, 7) is 9.92. The molecule has 8 nitrogen and oxygen atoms in total. The Morgan fingerprint density at radius 2 is 1.97 bits per heavy atom. The maximum absolute atomic E-state index is 13.6. The molecule has 4 atom stereocenters. The number of hydrogen-bond donors (Lipinski definition) is 1. The van der Waals surface area contributed by atoms with Crippen molar-refractivity contribution >= 4 is 40.2 Å². The van der Waals surface area contributed by atoms with Crippen molar-refractivity contribution in [3.05, 3.63) is 40.8 Å². The Hall–Kier alpha value is -2.65. The largest absolute Gasteiger partial charge is 0.367 e. The van der Waals surface area contributed by atoms with E-state index in [1.807, 2.05) is 39.8 Å². The van der Waals surface area contributed by atoms with Gasteiger partial charge in [-0.2, -0.15) is 0 Å². The van der Waals surface area contributed by atoms with Crippen LogP contribution in [-0.2, 0) is 14.3 Å². The van der Waals surface area contributed by atoms with Crippen molar-refractivity contribution in [1.82, 2.24) is 15.1 Å². The third kappa shape index (κ3) is 3.94. The fourth-order valence-electron chi connectivity index (χ4n) is 5.09. The van der Waals surface area contributed by atoms with Crippen molar-refractivity contribution in [3.63, 3.8) is 0 Å². The molecule has 0 aromatic heterocycles. The molecule has 1 N–H and O–H groups in total. The van der Waals surface area contributed by atoms with Crippen molar-refractivity contribution in [1.29, 1.82) is 0 Å². The first-order chi connectivity index (χ1) is 16.1. The van der Waals surface area contributed by atoms with E-state index in [9.17, 15) is 14.4 Å². The molecular weight excluding hydrogens is 452 g/mol. The number of amides is 2. The zero-order valence-electron chi connectivity index (χ0n) is 19.9. The first kappa shape index (κ1) is 23.1. The van der Waals surface area contributed by atoms with Crippen molar-refractivity contribution in [2.75, 3.05) is 26.2 Å². The standard InChI is InChI=1S/C25H30N4O4S/c1-14-11-29(19-18(30)12-33-20(14)19)23(32)21(25(2,3)4)27-22(31)16-7-5-15(6-8-16)17-13-34-24-26-9-10-28(17)24/h5-8,13-14,19-21H,9-12H2,1-4H3,(H,27,31)/t14-,19+,20+,21?/m0/s1. The van der Waals surface area contributed by atoms with E-state index in [1.165, 1.54) is 0 Å². The molecule has 4 aliphatic heterocycles. The van der Waals surface area contributed by atoms with E-state index < -0.39 is 17.5 Å². The normalized spacial score (nSPS) is 26.8. The van der Waals surface area contributed by atoms with Gasteiger partial charge in [0.2, 0.25) is 5.91 Å². The topological polar surface area (TPSA) is 91.3 Å². The van der Waals surface area contributed by atoms with Crippen LogP contribution in [0, 0.1) is 11.3 Å². The molecule has 0 spiro atoms. The molecule has 2 saturated heterocycles. The summed E-state index contributed by atoms with van der Waals surface area (Å²) >= 11 is 1.62. The number of nitrogens with zero attached hydrogens (tertiary/aromatic N) is 3. The van der Waals surface area contributed by atoms with Crippen LogP contribution in [0.2, 0.25) is 0 Å². The quantitative estimate of drug-likeness (QED) is 0.709. The Morgan fingerprint density at radius 1 is 1.24 bits per heavy atom. The molecular formula is C25H30N4O4S. The molecule has 1 unspecified atom stereocenters. The number of fused-ring (bicyclic) bond motifs is 2. The third-order valence-electron chi connectivity index (χ3n) is 6.92. The van der Waals surface area contributed by atoms with Crippen molar-refractivity contribution in [2.24, 2.45) is 16.3 Å². The van der Waals surface area contributed by atoms with Gasteiger partial charge in [-0.1, -0.05) is 51.6 Å². The first-order valence-electron chi connectivity index (χ1n) is 11.7. The van der Waals surface area contributed by atoms with Gasteiger partial charge in [0.15, 0.2) is 11.0 Å². The second-order valence-electron chi connectivity index (χ2n) is 10.4. The van der Waals surface area contributed by atoms with Crippen LogP contribution < -0.4 is 5.32 Å². The Balaban J connectivity index is 1.32. The molecule has 0 bridgehead atoms. The number of amidine groups is 1. The summed E-state index contributed by atoms with van der Waals surface area (Å²) in [5.41, 5.74) is 2.07. The smallest absolute Gasteiger partial charge is 0.251 e. The van der Waals surface area contributed by atoms with E-state index in [0.717, 1.165) is 29.5 Å². The molecule has 34 heavy (non-hydrogen) atoms. The molecule has 2 fully saturated rings. The fourth-order valence-corrected chi connectivity index (χ4v) is 6.05. The summed E-state index contributed by atoms with van der Waals surface area (Å²) in [4.78, 5) is 47.5. The minimum absolute atomic E-state index is 0.0437. The number of carbonyl (C=O) groups is 3. The number of ether oxygens (including phenoxy) is 1. The summed E-state index contributed by atoms with van der Waals surface area (Å²) in [6.07, 6.45) is -0.260. The van der Waals surface area contributed by atoms with Crippen LogP contribution in [0.25, 0.3) is 5.70 Å². The van der Waals surface area contributed by atoms with Crippen LogP contribution in [0.4, 0.5) is 0 Å². The molecule has 180 valence electrons. The molecule has 2 amide bonds. The minimum Gasteiger partial charge on any atom is -0.367 e. The Kier molecular flexibility index (Phi) is 5.80. The SMILES string of the molecule is C[C@H]1CN(C(=O)C(NC(=O)c2ccc(C3=CSC4=NCCN34)cc2)C(C)(C)C)[C@@H]2C(=O)CO[C@@H]21. The molecule has 4 heterocycles. The molecule has 1 aromatic rings. The van der Waals surface area contributed by atoms with Gasteiger partial charge < -0.3 is 19.9 Å². The molecule has 0 saturated carbocycles. The van der Waals surface area contributed by atoms with Gasteiger partial charge in [-0.25, -0.2) is 0 Å². The number of likely N-dealkylation sites (tertiary alicyclic amines) is 1. The van der Waals surface area contributed by atoms with Gasteiger partial charge in [-0.15, -0.1) is 0 Å². The number of ketones is 1. The summed E-state index contributed by atoms with van der Waals surface area (Å²) in [6, 6.07) is 6.11. The second-order valence-corrected chi connectivity index (χ2v) is 11.3. The summed E-state index contributed by atoms with van der Waals surface area (Å²) < 4.78 is 5.63. The maximum atomic E-state index is 13.6. The lowest BCUT2D eigenvalue weighted by atomic mass is 9.85. The lowest BCUT2D eigenvalue weighted by Crippen LogP contribution is -2.57. The van der Waals surface area contributed by atoms with Crippen molar-refractivity contribution < 1.29 is 19.1 Å². The van der Waals surface area contributed by atoms with Crippen molar-refractivity contribution in [2.45, 2.75) is 45.9 Å². The molecule has 0 aliphatic carbocycles. The lowest BCUT2D eigenvalue weighted by Gasteiger charge is -2.35. The van der Waals surface area contributed by atoms with Crippen LogP contribution in [0.5, 0.6) is 0 Å². The number of nitrogens with one attached hydrogen (secondary N) is 1. The molecule has 4 aliphatic rings. The Morgan fingerprint density at radius 3 is 2.68 bits per heavy atom. The van der Waals surface area contributed by atoms with Crippen LogP contribution in [-0.4, -0.2) is 77.0 Å². The summed E-state index contributed by atoms with van der Waals surface area (Å²) in [7, 11) is 0. The summed E-state index contributed by atoms with van der Waals surface area (Å²) in [5, 5.41) is 6.06. The monoisotopic (exact) mass is 482 g/mol. The van der Waals surface area contributed by atoms with Gasteiger partial charge in [0.05, 0.1) is 18.3 Å². The van der Waals surface area contributed by atoms with Crippen LogP contribution in [0.15, 0.2) is 34.7 Å². The first-order valence-corrected chi connectivity index (χ1v) is 12.6. The zero-order valence-corrected chi connectivity index (χ0v) is 20.7. The average molecular weight is 483 g/mol. The van der Waals surface area contributed by atoms with E-state index in [-0.39, 0.29) is 36.2 Å². The predicted octanol–water partition coefficient (Wildman–Crippen LogP) is 2.36. The number of hydrogen-bond acceptors (Lipinski definition) is 7. The summed E-state index contributed by atoms with van der Waals surface area (Å²) in [5.74, 6) is -0.531. The lowest BCUT2D eigenvalue weighted by molar-refractivity contribution is -0.140. The highest BCUT2D eigenvalue weighted by atomic mass is 32.2. The highest BCUT2D eigenvalue weighted by Gasteiger charge is 2.52. The Labute approximate surface area is 203 Å². The average Bonchev–Trinajstić information content (AvgIpc) is 3.55. The second kappa shape index (κ2) is 8.53. The molecule has 1 aromatic carbocycles. The number of thioether (sulfide) groups is 1. The van der Waals surface area contributed by atoms with E-state index >= 15 is 0 Å². The predicted molar refractivity (Wildman–Crippen MR) is 131 cm³/mol. The molecule has 0 radical (unpaired) electrons. The Bertz CT molecular complexity index is 1090. The van der Waals surface area contributed by atoms with Gasteiger partial charge >= 0.3 is 0 Å². The van der Waals surface area contributed by atoms with Gasteiger partial charge in [0.1, 0.15) is 18.7 Å². The van der Waals surface area contributed by atoms with E-state index in [2.05, 4.69) is 20.6 Å². The molecule has 5 rings (SSSR count).